The van der Waals surface area contributed by atoms with Gasteiger partial charge in [0.25, 0.3) is 0 Å². The molecular formula is C23H37F6N6O2+. The molecule has 0 radical (unpaired) electrons. The van der Waals surface area contributed by atoms with Crippen LogP contribution in [0.15, 0.2) is 0 Å². The molecule has 4 rings (SSSR count). The second-order valence-electron chi connectivity index (χ2n) is 11.1. The Morgan fingerprint density at radius 3 is 1.76 bits per heavy atom. The maximum atomic E-state index is 12.7. The molecule has 0 saturated carbocycles. The van der Waals surface area contributed by atoms with Crippen LogP contribution in [0.5, 0.6) is 0 Å². The number of nitrogens with one attached hydrogen (secondary N) is 1. The van der Waals surface area contributed by atoms with Gasteiger partial charge in [-0.15, -0.1) is 0 Å². The van der Waals surface area contributed by atoms with Gasteiger partial charge < -0.3 is 15.1 Å². The topological polar surface area (TPSA) is 62.1 Å². The number of nitrogens with zero attached hydrogens (tertiary/aromatic N) is 5. The zero-order chi connectivity index (χ0) is 28.1. The maximum Gasteiger partial charge on any atom is 0.406 e. The lowest BCUT2D eigenvalue weighted by molar-refractivity contribution is -0.546. The van der Waals surface area contributed by atoms with Crippen molar-refractivity contribution in [3.05, 3.63) is 0 Å². The second-order valence-corrected chi connectivity index (χ2v) is 11.1. The molecule has 4 aliphatic rings. The SMILES string of the molecule is CC(C)=[N+]1CCN2[C@@H](C1)C(=O)N(CC(F)(F)F)C2(C)C.CC1(C)N(CC(F)(F)F)C(=O)[C@@H]2CNCCN21. The quantitative estimate of drug-likeness (QED) is 0.425. The van der Waals surface area contributed by atoms with Crippen LogP contribution < -0.4 is 5.32 Å². The van der Waals surface area contributed by atoms with Crippen molar-refractivity contribution < 1.29 is 40.5 Å². The number of halogens is 6. The van der Waals surface area contributed by atoms with E-state index in [2.05, 4.69) is 9.89 Å². The second kappa shape index (κ2) is 9.99. The molecule has 4 heterocycles. The Balaban J connectivity index is 0.000000208. The van der Waals surface area contributed by atoms with E-state index in [4.69, 9.17) is 0 Å². The first-order chi connectivity index (χ1) is 16.8. The molecule has 212 valence electrons. The van der Waals surface area contributed by atoms with Gasteiger partial charge in [0, 0.05) is 33.5 Å². The lowest BCUT2D eigenvalue weighted by Crippen LogP contribution is -2.57. The number of carbonyl (C=O) groups is 2. The highest BCUT2D eigenvalue weighted by Gasteiger charge is 2.57. The predicted molar refractivity (Wildman–Crippen MR) is 124 cm³/mol. The van der Waals surface area contributed by atoms with Crippen LogP contribution in [-0.2, 0) is 9.59 Å². The lowest BCUT2D eigenvalue weighted by atomic mass is 10.1. The van der Waals surface area contributed by atoms with E-state index in [0.717, 1.165) is 22.1 Å². The summed E-state index contributed by atoms with van der Waals surface area (Å²) in [5.41, 5.74) is -0.658. The van der Waals surface area contributed by atoms with Gasteiger partial charge in [0.2, 0.25) is 11.8 Å². The van der Waals surface area contributed by atoms with Crippen LogP contribution >= 0.6 is 0 Å². The normalized spacial score (nSPS) is 28.2. The van der Waals surface area contributed by atoms with Crippen LogP contribution in [0, 0.1) is 0 Å². The summed E-state index contributed by atoms with van der Waals surface area (Å²) >= 11 is 0. The Labute approximate surface area is 213 Å². The molecule has 14 heteroatoms. The summed E-state index contributed by atoms with van der Waals surface area (Å²) in [4.78, 5) is 30.0. The van der Waals surface area contributed by atoms with Gasteiger partial charge in [0.15, 0.2) is 19.1 Å². The number of hydrogen-bond donors (Lipinski definition) is 1. The molecule has 8 nitrogen and oxygen atoms in total. The van der Waals surface area contributed by atoms with Gasteiger partial charge >= 0.3 is 12.4 Å². The van der Waals surface area contributed by atoms with E-state index in [-0.39, 0.29) is 0 Å². The highest BCUT2D eigenvalue weighted by Crippen LogP contribution is 2.36. The Kier molecular flexibility index (Phi) is 8.00. The minimum Gasteiger partial charge on any atom is -0.314 e. The molecule has 2 amide bonds. The summed E-state index contributed by atoms with van der Waals surface area (Å²) in [6.45, 7) is 11.8. The van der Waals surface area contributed by atoms with Crippen LogP contribution in [0.3, 0.4) is 0 Å². The summed E-state index contributed by atoms with van der Waals surface area (Å²) in [6, 6.07) is -0.933. The minimum atomic E-state index is -4.37. The van der Waals surface area contributed by atoms with Gasteiger partial charge in [-0.05, 0) is 27.7 Å². The van der Waals surface area contributed by atoms with Gasteiger partial charge in [-0.1, -0.05) is 0 Å². The largest absolute Gasteiger partial charge is 0.406 e. The molecule has 2 atom stereocenters. The van der Waals surface area contributed by atoms with Gasteiger partial charge in [0.05, 0.1) is 17.9 Å². The van der Waals surface area contributed by atoms with E-state index in [9.17, 15) is 35.9 Å². The molecular weight excluding hydrogens is 506 g/mol. The van der Waals surface area contributed by atoms with E-state index in [1.54, 1.807) is 27.7 Å². The molecule has 4 aliphatic heterocycles. The summed E-state index contributed by atoms with van der Waals surface area (Å²) in [5, 5.41) is 3.04. The third kappa shape index (κ3) is 6.06. The van der Waals surface area contributed by atoms with Gasteiger partial charge in [-0.25, -0.2) is 4.58 Å². The lowest BCUT2D eigenvalue weighted by Gasteiger charge is -2.40. The third-order valence-electron chi connectivity index (χ3n) is 7.76. The molecule has 0 aromatic rings. The number of alkyl halides is 6. The van der Waals surface area contributed by atoms with Crippen molar-refractivity contribution in [1.29, 1.82) is 0 Å². The Morgan fingerprint density at radius 2 is 1.32 bits per heavy atom. The smallest absolute Gasteiger partial charge is 0.314 e. The first kappa shape index (κ1) is 29.6. The molecule has 4 fully saturated rings. The molecule has 0 unspecified atom stereocenters. The van der Waals surface area contributed by atoms with Crippen LogP contribution in [0.2, 0.25) is 0 Å². The van der Waals surface area contributed by atoms with Crippen molar-refractivity contribution in [2.45, 2.75) is 77.3 Å². The van der Waals surface area contributed by atoms with E-state index in [1.165, 1.54) is 0 Å². The Bertz CT molecular complexity index is 928. The van der Waals surface area contributed by atoms with Crippen molar-refractivity contribution >= 4 is 17.5 Å². The molecule has 37 heavy (non-hydrogen) atoms. The molecule has 0 spiro atoms. The Morgan fingerprint density at radius 1 is 0.865 bits per heavy atom. The average molecular weight is 544 g/mol. The Hall–Kier alpha value is -1.93. The molecule has 4 saturated heterocycles. The molecule has 0 bridgehead atoms. The van der Waals surface area contributed by atoms with Crippen molar-refractivity contribution in [2.75, 3.05) is 52.4 Å². The van der Waals surface area contributed by atoms with E-state index in [0.29, 0.717) is 32.7 Å². The van der Waals surface area contributed by atoms with Gasteiger partial charge in [0.1, 0.15) is 24.8 Å². The van der Waals surface area contributed by atoms with Gasteiger partial charge in [-0.2, -0.15) is 26.3 Å². The van der Waals surface area contributed by atoms with Crippen molar-refractivity contribution in [3.63, 3.8) is 0 Å². The number of amides is 2. The van der Waals surface area contributed by atoms with E-state index >= 15 is 0 Å². The van der Waals surface area contributed by atoms with E-state index < -0.39 is 60.7 Å². The molecule has 0 aromatic heterocycles. The fourth-order valence-electron chi connectivity index (χ4n) is 5.75. The molecule has 0 aliphatic carbocycles. The summed E-state index contributed by atoms with van der Waals surface area (Å²) in [5.74, 6) is -0.849. The fourth-order valence-corrected chi connectivity index (χ4v) is 5.75. The zero-order valence-corrected chi connectivity index (χ0v) is 22.1. The number of hydrogen-bond acceptors (Lipinski definition) is 5. The first-order valence-electron chi connectivity index (χ1n) is 12.3. The zero-order valence-electron chi connectivity index (χ0n) is 22.1. The van der Waals surface area contributed by atoms with Crippen LogP contribution in [0.4, 0.5) is 26.3 Å². The van der Waals surface area contributed by atoms with Crippen molar-refractivity contribution in [1.82, 2.24) is 24.9 Å². The van der Waals surface area contributed by atoms with Crippen molar-refractivity contribution in [3.8, 4) is 0 Å². The molecule has 0 aromatic carbocycles. The summed E-state index contributed by atoms with van der Waals surface area (Å²) < 4.78 is 77.5. The summed E-state index contributed by atoms with van der Waals surface area (Å²) in [7, 11) is 0. The van der Waals surface area contributed by atoms with Gasteiger partial charge in [-0.3, -0.25) is 19.4 Å². The molecule has 1 N–H and O–H groups in total. The highest BCUT2D eigenvalue weighted by atomic mass is 19.4. The first-order valence-corrected chi connectivity index (χ1v) is 12.3. The van der Waals surface area contributed by atoms with Crippen LogP contribution in [-0.4, -0.2) is 130 Å². The highest BCUT2D eigenvalue weighted by molar-refractivity contribution is 5.86. The average Bonchev–Trinajstić information content (AvgIpc) is 3.07. The third-order valence-corrected chi connectivity index (χ3v) is 7.76. The fraction of sp³-hybridized carbons (Fsp3) is 0.870. The monoisotopic (exact) mass is 543 g/mol. The summed E-state index contributed by atoms with van der Waals surface area (Å²) in [6.07, 6.45) is -8.72. The standard InChI is InChI=1S/C13H21F3N3O.C10H16F3N3O/c1-9(2)17-5-6-18-10(7-17)11(20)19(12(18,3)4)8-13(14,15)16;1-9(2)15-4-3-14-5-7(15)8(17)16(9)6-10(11,12)13/h10H,5-8H2,1-4H3;7,14H,3-6H2,1-2H3/q+1;/t10-;7-/m00/s1. The maximum absolute atomic E-state index is 12.7. The number of fused-ring (bicyclic) bond motifs is 2. The van der Waals surface area contributed by atoms with Crippen LogP contribution in [0.25, 0.3) is 0 Å². The number of carbonyl (C=O) groups excluding carboxylic acids is 2. The van der Waals surface area contributed by atoms with Crippen molar-refractivity contribution in [2.24, 2.45) is 0 Å². The van der Waals surface area contributed by atoms with E-state index in [1.807, 2.05) is 23.6 Å². The van der Waals surface area contributed by atoms with Crippen LogP contribution in [0.1, 0.15) is 41.5 Å². The number of rotatable bonds is 2. The predicted octanol–water partition coefficient (Wildman–Crippen LogP) is 1.71. The minimum absolute atomic E-state index is 0.418. The number of piperazine rings is 2.